The molecule has 1 aliphatic carbocycles. The zero-order valence-corrected chi connectivity index (χ0v) is 14.0. The topological polar surface area (TPSA) is 73.6 Å². The third-order valence-electron chi connectivity index (χ3n) is 4.13. The van der Waals surface area contributed by atoms with Gasteiger partial charge in [-0.3, -0.25) is 0 Å². The predicted molar refractivity (Wildman–Crippen MR) is 94.8 cm³/mol. The van der Waals surface area contributed by atoms with Crippen LogP contribution in [-0.2, 0) is 16.5 Å². The van der Waals surface area contributed by atoms with E-state index < -0.39 is 15.7 Å². The Labute approximate surface area is 144 Å². The maximum atomic E-state index is 12.6. The molecule has 0 atom stereocenters. The summed E-state index contributed by atoms with van der Waals surface area (Å²) in [6.45, 7) is 0. The number of aryl methyl sites for hydroxylation is 1. The Hall–Kier alpha value is -2.86. The molecule has 1 aromatic heterocycles. The molecule has 3 aromatic rings. The highest BCUT2D eigenvalue weighted by molar-refractivity contribution is 7.91. The Kier molecular flexibility index (Phi) is 3.69. The number of allylic oxidation sites excluding steroid dienone is 1. The lowest BCUT2D eigenvalue weighted by atomic mass is 9.98. The lowest BCUT2D eigenvalue weighted by Gasteiger charge is -2.16. The standard InChI is InChI=1S/C19H14O5S/c20-19-10-7-14-5-8-16(12-18(14)23-19)24-25(21,22)17-9-6-13-3-1-2-4-15(13)11-17/h1-5,7-8,10-12H,6,9H2. The summed E-state index contributed by atoms with van der Waals surface area (Å²) in [5.74, 6) is 0.113. The molecule has 0 unspecified atom stereocenters. The first-order valence-electron chi connectivity index (χ1n) is 7.78. The second kappa shape index (κ2) is 5.89. The van der Waals surface area contributed by atoms with Crippen LogP contribution >= 0.6 is 0 Å². The third-order valence-corrected chi connectivity index (χ3v) is 5.51. The summed E-state index contributed by atoms with van der Waals surface area (Å²) in [6.07, 6.45) is 2.69. The van der Waals surface area contributed by atoms with E-state index in [1.165, 1.54) is 18.2 Å². The molecule has 0 amide bonds. The van der Waals surface area contributed by atoms with Crippen molar-refractivity contribution in [2.75, 3.05) is 0 Å². The highest BCUT2D eigenvalue weighted by Crippen LogP contribution is 2.29. The van der Waals surface area contributed by atoms with E-state index in [0.717, 1.165) is 11.1 Å². The summed E-state index contributed by atoms with van der Waals surface area (Å²) in [5, 5.41) is 0.690. The predicted octanol–water partition coefficient (Wildman–Crippen LogP) is 3.49. The van der Waals surface area contributed by atoms with Crippen LogP contribution in [-0.4, -0.2) is 8.42 Å². The van der Waals surface area contributed by atoms with Gasteiger partial charge in [0, 0.05) is 17.5 Å². The van der Waals surface area contributed by atoms with E-state index in [0.29, 0.717) is 18.2 Å². The minimum absolute atomic E-state index is 0.113. The molecule has 126 valence electrons. The van der Waals surface area contributed by atoms with Crippen molar-refractivity contribution in [1.82, 2.24) is 0 Å². The van der Waals surface area contributed by atoms with Crippen LogP contribution < -0.4 is 9.81 Å². The van der Waals surface area contributed by atoms with E-state index in [9.17, 15) is 13.2 Å². The Morgan fingerprint density at radius 2 is 1.76 bits per heavy atom. The van der Waals surface area contributed by atoms with Crippen molar-refractivity contribution in [2.24, 2.45) is 0 Å². The molecule has 0 N–H and O–H groups in total. The van der Waals surface area contributed by atoms with E-state index in [1.807, 2.05) is 24.3 Å². The van der Waals surface area contributed by atoms with Crippen LogP contribution in [0.3, 0.4) is 0 Å². The number of benzene rings is 2. The lowest BCUT2D eigenvalue weighted by Crippen LogP contribution is -2.15. The van der Waals surface area contributed by atoms with Crippen LogP contribution in [0.15, 0.2) is 68.7 Å². The zero-order chi connectivity index (χ0) is 17.4. The molecule has 2 aromatic carbocycles. The number of fused-ring (bicyclic) bond motifs is 2. The van der Waals surface area contributed by atoms with Crippen LogP contribution in [0.4, 0.5) is 0 Å². The van der Waals surface area contributed by atoms with Crippen molar-refractivity contribution in [2.45, 2.75) is 12.8 Å². The molecule has 0 saturated carbocycles. The molecule has 1 aliphatic rings. The fraction of sp³-hybridized carbons (Fsp3) is 0.105. The van der Waals surface area contributed by atoms with Crippen LogP contribution in [0.25, 0.3) is 17.0 Å². The molecule has 0 spiro atoms. The maximum absolute atomic E-state index is 12.6. The average molecular weight is 354 g/mol. The molecule has 5 nitrogen and oxygen atoms in total. The molecule has 6 heteroatoms. The summed E-state index contributed by atoms with van der Waals surface area (Å²) in [6, 6.07) is 15.2. The highest BCUT2D eigenvalue weighted by atomic mass is 32.2. The SMILES string of the molecule is O=c1ccc2ccc(OS(=O)(=O)C3=Cc4ccccc4CC3)cc2o1. The largest absolute Gasteiger partial charge is 0.423 e. The molecule has 1 heterocycles. The fourth-order valence-corrected chi connectivity index (χ4v) is 3.96. The van der Waals surface area contributed by atoms with Crippen molar-refractivity contribution < 1.29 is 17.0 Å². The number of hydrogen-bond acceptors (Lipinski definition) is 5. The second-order valence-corrected chi connectivity index (χ2v) is 7.40. The van der Waals surface area contributed by atoms with Crippen molar-refractivity contribution in [3.05, 3.63) is 81.0 Å². The minimum atomic E-state index is -3.92. The van der Waals surface area contributed by atoms with Gasteiger partial charge in [-0.1, -0.05) is 24.3 Å². The first-order chi connectivity index (χ1) is 12.0. The molecular formula is C19H14O5S. The molecule has 0 fully saturated rings. The van der Waals surface area contributed by atoms with Gasteiger partial charge in [-0.2, -0.15) is 8.42 Å². The molecular weight excluding hydrogens is 340 g/mol. The molecule has 0 bridgehead atoms. The van der Waals surface area contributed by atoms with Gasteiger partial charge in [0.05, 0.1) is 4.91 Å². The van der Waals surface area contributed by atoms with Crippen molar-refractivity contribution in [1.29, 1.82) is 0 Å². The van der Waals surface area contributed by atoms with Gasteiger partial charge in [0.1, 0.15) is 11.3 Å². The first kappa shape index (κ1) is 15.7. The summed E-state index contributed by atoms with van der Waals surface area (Å²) < 4.78 is 35.5. The summed E-state index contributed by atoms with van der Waals surface area (Å²) in [4.78, 5) is 11.5. The smallest absolute Gasteiger partial charge is 0.336 e. The maximum Gasteiger partial charge on any atom is 0.336 e. The van der Waals surface area contributed by atoms with Crippen LogP contribution in [0.5, 0.6) is 5.75 Å². The summed E-state index contributed by atoms with van der Waals surface area (Å²) >= 11 is 0. The lowest BCUT2D eigenvalue weighted by molar-refractivity contribution is 0.490. The van der Waals surface area contributed by atoms with Crippen molar-refractivity contribution in [3.63, 3.8) is 0 Å². The van der Waals surface area contributed by atoms with Gasteiger partial charge in [0.15, 0.2) is 0 Å². The number of rotatable bonds is 3. The van der Waals surface area contributed by atoms with Gasteiger partial charge in [-0.25, -0.2) is 4.79 Å². The van der Waals surface area contributed by atoms with Crippen LogP contribution in [0.2, 0.25) is 0 Å². The Balaban J connectivity index is 1.68. The zero-order valence-electron chi connectivity index (χ0n) is 13.1. The van der Waals surface area contributed by atoms with E-state index in [4.69, 9.17) is 8.60 Å². The van der Waals surface area contributed by atoms with Gasteiger partial charge >= 0.3 is 15.7 Å². The monoisotopic (exact) mass is 354 g/mol. The van der Waals surface area contributed by atoms with Gasteiger partial charge in [0.25, 0.3) is 0 Å². The molecule has 25 heavy (non-hydrogen) atoms. The Bertz CT molecular complexity index is 1160. The van der Waals surface area contributed by atoms with E-state index in [2.05, 4.69) is 0 Å². The highest BCUT2D eigenvalue weighted by Gasteiger charge is 2.23. The van der Waals surface area contributed by atoms with Crippen LogP contribution in [0, 0.1) is 0 Å². The Morgan fingerprint density at radius 3 is 2.64 bits per heavy atom. The van der Waals surface area contributed by atoms with Crippen molar-refractivity contribution >= 4 is 27.2 Å². The van der Waals surface area contributed by atoms with E-state index >= 15 is 0 Å². The van der Waals surface area contributed by atoms with E-state index in [-0.39, 0.29) is 16.2 Å². The van der Waals surface area contributed by atoms with Gasteiger partial charge < -0.3 is 8.60 Å². The van der Waals surface area contributed by atoms with Crippen LogP contribution in [0.1, 0.15) is 17.5 Å². The quantitative estimate of drug-likeness (QED) is 0.532. The minimum Gasteiger partial charge on any atom is -0.423 e. The fourth-order valence-electron chi connectivity index (χ4n) is 2.88. The summed E-state index contributed by atoms with van der Waals surface area (Å²) in [5.41, 5.74) is 1.79. The third kappa shape index (κ3) is 3.08. The number of hydrogen-bond donors (Lipinski definition) is 0. The second-order valence-electron chi connectivity index (χ2n) is 5.80. The molecule has 0 radical (unpaired) electrons. The van der Waals surface area contributed by atoms with Crippen molar-refractivity contribution in [3.8, 4) is 5.75 Å². The summed E-state index contributed by atoms with van der Waals surface area (Å²) in [7, 11) is -3.92. The first-order valence-corrected chi connectivity index (χ1v) is 9.19. The van der Waals surface area contributed by atoms with Gasteiger partial charge in [-0.05, 0) is 48.2 Å². The normalized spacial score (nSPS) is 14.0. The van der Waals surface area contributed by atoms with Gasteiger partial charge in [-0.15, -0.1) is 0 Å². The van der Waals surface area contributed by atoms with E-state index in [1.54, 1.807) is 18.2 Å². The molecule has 0 saturated heterocycles. The Morgan fingerprint density at radius 1 is 0.960 bits per heavy atom. The molecule has 4 rings (SSSR count). The average Bonchev–Trinajstić information content (AvgIpc) is 2.60. The molecule has 0 aliphatic heterocycles. The van der Waals surface area contributed by atoms with Gasteiger partial charge in [0.2, 0.25) is 0 Å².